The van der Waals surface area contributed by atoms with E-state index in [0.29, 0.717) is 48.2 Å². The van der Waals surface area contributed by atoms with Crippen LogP contribution in [0.1, 0.15) is 60.0 Å². The Hall–Kier alpha value is -3.58. The van der Waals surface area contributed by atoms with Crippen molar-refractivity contribution in [2.75, 3.05) is 19.8 Å². The second-order valence-corrected chi connectivity index (χ2v) is 10.4. The van der Waals surface area contributed by atoms with Gasteiger partial charge in [-0.1, -0.05) is 18.2 Å². The Bertz CT molecular complexity index is 1310. The van der Waals surface area contributed by atoms with E-state index in [2.05, 4.69) is 12.1 Å². The van der Waals surface area contributed by atoms with Crippen LogP contribution >= 0.6 is 0 Å². The van der Waals surface area contributed by atoms with E-state index < -0.39 is 12.1 Å². The van der Waals surface area contributed by atoms with E-state index in [4.69, 9.17) is 24.1 Å². The Balaban J connectivity index is 1.15. The normalized spacial score (nSPS) is 20.4. The van der Waals surface area contributed by atoms with E-state index in [0.717, 1.165) is 49.4 Å². The molecule has 6 nitrogen and oxygen atoms in total. The fourth-order valence-electron chi connectivity index (χ4n) is 5.83. The van der Waals surface area contributed by atoms with Crippen LogP contribution in [0, 0.1) is 11.7 Å². The van der Waals surface area contributed by atoms with Crippen LogP contribution < -0.4 is 14.2 Å². The van der Waals surface area contributed by atoms with Crippen LogP contribution in [-0.2, 0) is 22.4 Å². The number of hydrogen-bond acceptors (Lipinski definition) is 5. The number of benzene rings is 3. The molecule has 3 aliphatic rings. The first-order valence-electron chi connectivity index (χ1n) is 13.3. The number of ether oxygens (including phenoxy) is 4. The lowest BCUT2D eigenvalue weighted by atomic mass is 9.92. The Morgan fingerprint density at radius 3 is 2.58 bits per heavy atom. The van der Waals surface area contributed by atoms with Gasteiger partial charge in [-0.2, -0.15) is 0 Å². The van der Waals surface area contributed by atoms with Crippen molar-refractivity contribution in [3.05, 3.63) is 82.7 Å². The highest BCUT2D eigenvalue weighted by atomic mass is 19.1. The number of halogens is 1. The first-order valence-corrected chi connectivity index (χ1v) is 13.3. The lowest BCUT2D eigenvalue weighted by molar-refractivity contribution is -0.137. The zero-order chi connectivity index (χ0) is 26.1. The third-order valence-corrected chi connectivity index (χ3v) is 7.82. The van der Waals surface area contributed by atoms with Crippen LogP contribution in [-0.4, -0.2) is 30.9 Å². The second kappa shape index (κ2) is 10.7. The van der Waals surface area contributed by atoms with Gasteiger partial charge in [0.05, 0.1) is 13.0 Å². The number of carboxylic acids is 1. The quantitative estimate of drug-likeness (QED) is 0.362. The van der Waals surface area contributed by atoms with E-state index in [1.807, 2.05) is 18.2 Å². The van der Waals surface area contributed by atoms with Gasteiger partial charge in [0.1, 0.15) is 34.9 Å². The van der Waals surface area contributed by atoms with Crippen LogP contribution in [0.15, 0.2) is 54.6 Å². The zero-order valence-electron chi connectivity index (χ0n) is 21.2. The molecule has 0 aromatic heterocycles. The molecular weight excluding hydrogens is 487 g/mol. The summed E-state index contributed by atoms with van der Waals surface area (Å²) in [6.45, 7) is 2.03. The van der Waals surface area contributed by atoms with Crippen molar-refractivity contribution in [2.45, 2.75) is 50.5 Å². The molecule has 0 bridgehead atoms. The largest absolute Gasteiger partial charge is 0.492 e. The predicted octanol–water partition coefficient (Wildman–Crippen LogP) is 6.60. The van der Waals surface area contributed by atoms with Crippen molar-refractivity contribution in [1.29, 1.82) is 0 Å². The lowest BCUT2D eigenvalue weighted by Gasteiger charge is -2.22. The van der Waals surface area contributed by atoms with Crippen molar-refractivity contribution in [1.82, 2.24) is 0 Å². The van der Waals surface area contributed by atoms with Gasteiger partial charge < -0.3 is 24.1 Å². The Morgan fingerprint density at radius 2 is 1.79 bits per heavy atom. The van der Waals surface area contributed by atoms with Crippen LogP contribution in [0.25, 0.3) is 0 Å². The minimum Gasteiger partial charge on any atom is -0.492 e. The highest BCUT2D eigenvalue weighted by molar-refractivity contribution is 5.68. The monoisotopic (exact) mass is 518 g/mol. The van der Waals surface area contributed by atoms with Gasteiger partial charge in [0.15, 0.2) is 0 Å². The van der Waals surface area contributed by atoms with Gasteiger partial charge >= 0.3 is 5.97 Å². The van der Waals surface area contributed by atoms with Gasteiger partial charge in [-0.3, -0.25) is 4.79 Å². The molecule has 1 unspecified atom stereocenters. The molecule has 198 valence electrons. The number of aliphatic carboxylic acids is 1. The molecule has 1 aliphatic carbocycles. The van der Waals surface area contributed by atoms with E-state index in [1.54, 1.807) is 18.2 Å². The summed E-state index contributed by atoms with van der Waals surface area (Å²) in [6, 6.07) is 16.7. The fourth-order valence-corrected chi connectivity index (χ4v) is 5.83. The number of rotatable bonds is 8. The van der Waals surface area contributed by atoms with Crippen LogP contribution in [0.3, 0.4) is 0 Å². The molecule has 2 atom stereocenters. The highest BCUT2D eigenvalue weighted by Crippen LogP contribution is 2.44. The number of fused-ring (bicyclic) bond motifs is 2. The fraction of sp³-hybridized carbons (Fsp3) is 0.387. The summed E-state index contributed by atoms with van der Waals surface area (Å²) in [6.07, 6.45) is 4.12. The molecule has 1 saturated heterocycles. The topological polar surface area (TPSA) is 74.2 Å². The summed E-state index contributed by atoms with van der Waals surface area (Å²) >= 11 is 0. The molecule has 0 saturated carbocycles. The van der Waals surface area contributed by atoms with Gasteiger partial charge in [0, 0.05) is 41.9 Å². The summed E-state index contributed by atoms with van der Waals surface area (Å²) in [5.41, 5.74) is 3.52. The SMILES string of the molecule is O=C(O)CC1COc2cc(O[C@@H]3CCc4c(Oc5ccc(CC6CCOCC6)cc5)ccc(F)c43)ccc21. The average Bonchev–Trinajstić information content (AvgIpc) is 3.52. The molecular formula is C31H31FO6. The molecule has 3 aromatic rings. The third kappa shape index (κ3) is 5.20. The maximum absolute atomic E-state index is 15.0. The Labute approximate surface area is 221 Å². The minimum absolute atomic E-state index is 0.0237. The van der Waals surface area contributed by atoms with Gasteiger partial charge in [-0.05, 0) is 73.9 Å². The summed E-state index contributed by atoms with van der Waals surface area (Å²) in [4.78, 5) is 11.1. The van der Waals surface area contributed by atoms with E-state index >= 15 is 4.39 Å². The Morgan fingerprint density at radius 1 is 1.00 bits per heavy atom. The molecule has 7 heteroatoms. The van der Waals surface area contributed by atoms with E-state index in [-0.39, 0.29) is 18.2 Å². The van der Waals surface area contributed by atoms with Gasteiger partial charge in [-0.25, -0.2) is 4.39 Å². The summed E-state index contributed by atoms with van der Waals surface area (Å²) in [7, 11) is 0. The van der Waals surface area contributed by atoms with Crippen molar-refractivity contribution in [3.8, 4) is 23.0 Å². The van der Waals surface area contributed by atoms with Gasteiger partial charge in [-0.15, -0.1) is 0 Å². The third-order valence-electron chi connectivity index (χ3n) is 7.82. The van der Waals surface area contributed by atoms with E-state index in [1.165, 1.54) is 11.6 Å². The molecule has 3 aromatic carbocycles. The second-order valence-electron chi connectivity index (χ2n) is 10.4. The van der Waals surface area contributed by atoms with Crippen molar-refractivity contribution >= 4 is 5.97 Å². The number of carboxylic acid groups (broad SMARTS) is 1. The first kappa shape index (κ1) is 24.7. The minimum atomic E-state index is -0.853. The Kier molecular flexibility index (Phi) is 6.94. The molecule has 0 radical (unpaired) electrons. The number of hydrogen-bond donors (Lipinski definition) is 1. The van der Waals surface area contributed by atoms with Gasteiger partial charge in [0.25, 0.3) is 0 Å². The van der Waals surface area contributed by atoms with Crippen molar-refractivity contribution < 1.29 is 33.2 Å². The number of carbonyl (C=O) groups is 1. The summed E-state index contributed by atoms with van der Waals surface area (Å²) < 4.78 is 38.6. The molecule has 1 fully saturated rings. The lowest BCUT2D eigenvalue weighted by Crippen LogP contribution is -2.17. The maximum Gasteiger partial charge on any atom is 0.304 e. The molecule has 0 spiro atoms. The van der Waals surface area contributed by atoms with Crippen molar-refractivity contribution in [2.24, 2.45) is 5.92 Å². The van der Waals surface area contributed by atoms with Crippen molar-refractivity contribution in [3.63, 3.8) is 0 Å². The average molecular weight is 519 g/mol. The summed E-state index contributed by atoms with van der Waals surface area (Å²) in [5, 5.41) is 9.12. The first-order chi connectivity index (χ1) is 18.5. The smallest absolute Gasteiger partial charge is 0.304 e. The maximum atomic E-state index is 15.0. The molecule has 2 heterocycles. The molecule has 38 heavy (non-hydrogen) atoms. The highest BCUT2D eigenvalue weighted by Gasteiger charge is 2.32. The standard InChI is InChI=1S/C31H31FO6/c32-26-8-10-27(37-22-3-1-19(2-4-22)15-20-11-13-35-14-12-20)25-7-9-28(31(25)26)38-23-5-6-24-21(16-30(33)34)18-36-29(24)17-23/h1-6,8,10,17,20-21,28H,7,9,11-16,18H2,(H,33,34)/t21?,28-/m1/s1. The summed E-state index contributed by atoms with van der Waals surface area (Å²) in [5.74, 6) is 1.92. The molecule has 6 rings (SSSR count). The van der Waals surface area contributed by atoms with Crippen LogP contribution in [0.5, 0.6) is 23.0 Å². The van der Waals surface area contributed by atoms with Gasteiger partial charge in [0.2, 0.25) is 0 Å². The zero-order valence-corrected chi connectivity index (χ0v) is 21.2. The van der Waals surface area contributed by atoms with E-state index in [9.17, 15) is 4.79 Å². The van der Waals surface area contributed by atoms with Crippen LogP contribution in [0.2, 0.25) is 0 Å². The van der Waals surface area contributed by atoms with Crippen LogP contribution in [0.4, 0.5) is 4.39 Å². The molecule has 1 N–H and O–H groups in total. The molecule has 2 aliphatic heterocycles. The molecule has 0 amide bonds. The predicted molar refractivity (Wildman–Crippen MR) is 139 cm³/mol.